The number of amides is 3. The van der Waals surface area contributed by atoms with Gasteiger partial charge in [-0.3, -0.25) is 14.7 Å². The molecule has 0 unspecified atom stereocenters. The first-order valence-corrected chi connectivity index (χ1v) is 8.41. The molecule has 0 saturated carbocycles. The summed E-state index contributed by atoms with van der Waals surface area (Å²) in [6, 6.07) is 0.106. The second-order valence-corrected chi connectivity index (χ2v) is 5.96. The largest absolute Gasteiger partial charge is 0.355 e. The molecular weight excluding hydrogens is 296 g/mol. The molecule has 8 nitrogen and oxygen atoms in total. The Bertz CT molecular complexity index is 429. The Hall–Kier alpha value is -1.83. The van der Waals surface area contributed by atoms with E-state index in [2.05, 4.69) is 32.8 Å². The summed E-state index contributed by atoms with van der Waals surface area (Å²) in [4.78, 5) is 30.9. The Morgan fingerprint density at radius 3 is 2.61 bits per heavy atom. The summed E-state index contributed by atoms with van der Waals surface area (Å²) in [5.41, 5.74) is 0. The van der Waals surface area contributed by atoms with Crippen LogP contribution in [0.1, 0.15) is 26.2 Å². The Kier molecular flexibility index (Phi) is 6.64. The van der Waals surface area contributed by atoms with E-state index in [1.54, 1.807) is 7.05 Å². The normalized spacial score (nSPS) is 20.8. The van der Waals surface area contributed by atoms with Crippen LogP contribution in [-0.2, 0) is 4.79 Å². The minimum atomic E-state index is -0.317. The van der Waals surface area contributed by atoms with Crippen LogP contribution in [-0.4, -0.2) is 80.1 Å². The maximum absolute atomic E-state index is 11.5. The van der Waals surface area contributed by atoms with Crippen LogP contribution in [0.15, 0.2) is 4.99 Å². The van der Waals surface area contributed by atoms with Gasteiger partial charge in [0.1, 0.15) is 0 Å². The lowest BCUT2D eigenvalue weighted by atomic mass is 10.1. The first-order valence-electron chi connectivity index (χ1n) is 8.41. The van der Waals surface area contributed by atoms with Gasteiger partial charge in [-0.2, -0.15) is 0 Å². The van der Waals surface area contributed by atoms with Gasteiger partial charge < -0.3 is 20.9 Å². The van der Waals surface area contributed by atoms with Gasteiger partial charge in [-0.1, -0.05) is 6.92 Å². The van der Waals surface area contributed by atoms with Gasteiger partial charge in [0.2, 0.25) is 5.91 Å². The van der Waals surface area contributed by atoms with Gasteiger partial charge in [-0.05, 0) is 25.8 Å². The highest BCUT2D eigenvalue weighted by molar-refractivity contribution is 6.01. The fourth-order valence-corrected chi connectivity index (χ4v) is 2.97. The van der Waals surface area contributed by atoms with Crippen LogP contribution in [0.25, 0.3) is 0 Å². The number of carbonyl (C=O) groups is 2. The average Bonchev–Trinajstić information content (AvgIpc) is 2.87. The average molecular weight is 324 g/mol. The number of aliphatic imine (C=N–C) groups is 1. The van der Waals surface area contributed by atoms with E-state index in [0.29, 0.717) is 19.1 Å². The Morgan fingerprint density at radius 2 is 2.04 bits per heavy atom. The summed E-state index contributed by atoms with van der Waals surface area (Å²) in [6.07, 6.45) is 3.41. The van der Waals surface area contributed by atoms with E-state index in [4.69, 9.17) is 0 Å². The molecule has 2 aliphatic rings. The van der Waals surface area contributed by atoms with Crippen LogP contribution in [0, 0.1) is 0 Å². The number of guanidine groups is 1. The fraction of sp³-hybridized carbons (Fsp3) is 0.800. The van der Waals surface area contributed by atoms with E-state index >= 15 is 0 Å². The minimum absolute atomic E-state index is 0.0993. The number of piperidine rings is 1. The van der Waals surface area contributed by atoms with Crippen LogP contribution < -0.4 is 16.0 Å². The second kappa shape index (κ2) is 8.71. The van der Waals surface area contributed by atoms with Crippen LogP contribution in [0.4, 0.5) is 4.79 Å². The maximum atomic E-state index is 11.5. The van der Waals surface area contributed by atoms with Gasteiger partial charge in [0.25, 0.3) is 0 Å². The Labute approximate surface area is 137 Å². The topological polar surface area (TPSA) is 89.1 Å². The summed E-state index contributed by atoms with van der Waals surface area (Å²) in [7, 11) is 1.73. The van der Waals surface area contributed by atoms with Crippen molar-refractivity contribution in [2.24, 2.45) is 4.99 Å². The number of hydrogen-bond donors (Lipinski definition) is 3. The van der Waals surface area contributed by atoms with Crippen LogP contribution in [0.5, 0.6) is 0 Å². The van der Waals surface area contributed by atoms with E-state index < -0.39 is 0 Å². The minimum Gasteiger partial charge on any atom is -0.355 e. The van der Waals surface area contributed by atoms with E-state index in [9.17, 15) is 9.59 Å². The molecule has 0 radical (unpaired) electrons. The lowest BCUT2D eigenvalue weighted by Gasteiger charge is -2.32. The third-order valence-electron chi connectivity index (χ3n) is 4.26. The first-order chi connectivity index (χ1) is 11.1. The molecule has 2 saturated heterocycles. The van der Waals surface area contributed by atoms with Crippen LogP contribution in [0.3, 0.4) is 0 Å². The van der Waals surface area contributed by atoms with E-state index in [1.807, 2.05) is 0 Å². The molecule has 2 fully saturated rings. The second-order valence-electron chi connectivity index (χ2n) is 5.96. The molecule has 0 bridgehead atoms. The van der Waals surface area contributed by atoms with Gasteiger partial charge in [-0.25, -0.2) is 4.79 Å². The third kappa shape index (κ3) is 5.09. The van der Waals surface area contributed by atoms with Crippen LogP contribution >= 0.6 is 0 Å². The fourth-order valence-electron chi connectivity index (χ4n) is 2.97. The summed E-state index contributed by atoms with van der Waals surface area (Å²) in [6.45, 7) is 6.55. The molecule has 3 amide bonds. The number of hydrogen-bond acceptors (Lipinski definition) is 4. The molecule has 0 aromatic carbocycles. The van der Waals surface area contributed by atoms with Gasteiger partial charge >= 0.3 is 6.03 Å². The van der Waals surface area contributed by atoms with Gasteiger partial charge in [0.05, 0.1) is 6.54 Å². The van der Waals surface area contributed by atoms with Crippen molar-refractivity contribution in [1.29, 1.82) is 0 Å². The molecule has 0 aromatic heterocycles. The smallest absolute Gasteiger partial charge is 0.324 e. The summed E-state index contributed by atoms with van der Waals surface area (Å²) >= 11 is 0. The molecule has 0 aliphatic carbocycles. The molecule has 2 aliphatic heterocycles. The van der Waals surface area contributed by atoms with Crippen molar-refractivity contribution in [1.82, 2.24) is 25.8 Å². The van der Waals surface area contributed by atoms with Crippen molar-refractivity contribution in [3.8, 4) is 0 Å². The highest BCUT2D eigenvalue weighted by Gasteiger charge is 2.27. The van der Waals surface area contributed by atoms with Crippen LogP contribution in [0.2, 0.25) is 0 Å². The van der Waals surface area contributed by atoms with E-state index in [1.165, 1.54) is 17.9 Å². The molecule has 2 rings (SSSR count). The lowest BCUT2D eigenvalue weighted by Crippen LogP contribution is -2.50. The van der Waals surface area contributed by atoms with Crippen molar-refractivity contribution in [3.05, 3.63) is 0 Å². The molecule has 0 spiro atoms. The van der Waals surface area contributed by atoms with Crippen molar-refractivity contribution in [2.45, 2.75) is 32.2 Å². The number of rotatable bonds is 6. The monoisotopic (exact) mass is 324 g/mol. The number of imide groups is 1. The highest BCUT2D eigenvalue weighted by atomic mass is 16.2. The summed E-state index contributed by atoms with van der Waals surface area (Å²) in [5.74, 6) is 0.550. The number of nitrogens with zero attached hydrogens (tertiary/aromatic N) is 3. The zero-order valence-corrected chi connectivity index (χ0v) is 14.1. The standard InChI is InChI=1S/C15H28N6O2/c1-3-7-20-8-4-12(5-9-20)19-14(16-2)17-6-10-21-13(22)11-18-15(21)23/h12H,3-11H2,1-2H3,(H,18,23)(H2,16,17,19). The number of urea groups is 1. The number of likely N-dealkylation sites (tertiary alicyclic amines) is 1. The Morgan fingerprint density at radius 1 is 1.30 bits per heavy atom. The quantitative estimate of drug-likeness (QED) is 0.351. The Balaban J connectivity index is 1.68. The van der Waals surface area contributed by atoms with E-state index in [-0.39, 0.29) is 18.5 Å². The maximum Gasteiger partial charge on any atom is 0.324 e. The number of carbonyl (C=O) groups excluding carboxylic acids is 2. The predicted molar refractivity (Wildman–Crippen MR) is 89.4 cm³/mol. The number of nitrogens with one attached hydrogen (secondary N) is 3. The first kappa shape index (κ1) is 17.5. The van der Waals surface area contributed by atoms with Crippen molar-refractivity contribution in [2.75, 3.05) is 46.3 Å². The lowest BCUT2D eigenvalue weighted by molar-refractivity contribution is -0.124. The molecule has 0 atom stereocenters. The van der Waals surface area contributed by atoms with Crippen molar-refractivity contribution < 1.29 is 9.59 Å². The van der Waals surface area contributed by atoms with Crippen molar-refractivity contribution >= 4 is 17.9 Å². The molecule has 23 heavy (non-hydrogen) atoms. The zero-order valence-electron chi connectivity index (χ0n) is 14.1. The highest BCUT2D eigenvalue weighted by Crippen LogP contribution is 2.10. The third-order valence-corrected chi connectivity index (χ3v) is 4.26. The zero-order chi connectivity index (χ0) is 16.7. The molecule has 8 heteroatoms. The molecular formula is C15H28N6O2. The molecule has 2 heterocycles. The molecule has 130 valence electrons. The predicted octanol–water partition coefficient (Wildman–Crippen LogP) is -0.422. The summed E-state index contributed by atoms with van der Waals surface area (Å²) in [5, 5.41) is 9.11. The van der Waals surface area contributed by atoms with Gasteiger partial charge in [0.15, 0.2) is 5.96 Å². The SMILES string of the molecule is CCCN1CCC(NC(=NC)NCCN2C(=O)CNC2=O)CC1. The molecule has 3 N–H and O–H groups in total. The summed E-state index contributed by atoms with van der Waals surface area (Å²) < 4.78 is 0. The van der Waals surface area contributed by atoms with Gasteiger partial charge in [0, 0.05) is 39.3 Å². The van der Waals surface area contributed by atoms with Gasteiger partial charge in [-0.15, -0.1) is 0 Å². The van der Waals surface area contributed by atoms with E-state index in [0.717, 1.165) is 31.9 Å². The molecule has 0 aromatic rings. The van der Waals surface area contributed by atoms with Crippen molar-refractivity contribution in [3.63, 3.8) is 0 Å².